The Kier molecular flexibility index (Phi) is 3.21. The average molecular weight is 218 g/mol. The molecular formula is C10H14N6. The van der Waals surface area contributed by atoms with Crippen LogP contribution in [0.4, 0.5) is 0 Å². The predicted molar refractivity (Wildman–Crippen MR) is 58.9 cm³/mol. The second-order valence-electron chi connectivity index (χ2n) is 3.67. The number of rotatable bonds is 4. The van der Waals surface area contributed by atoms with Crippen LogP contribution >= 0.6 is 0 Å². The minimum Gasteiger partial charge on any atom is -0.308 e. The van der Waals surface area contributed by atoms with E-state index in [1.807, 2.05) is 0 Å². The summed E-state index contributed by atoms with van der Waals surface area (Å²) in [6, 6.07) is 2.17. The highest BCUT2D eigenvalue weighted by molar-refractivity contribution is 5.09. The lowest BCUT2D eigenvalue weighted by molar-refractivity contribution is 0.559. The van der Waals surface area contributed by atoms with Crippen molar-refractivity contribution < 1.29 is 0 Å². The van der Waals surface area contributed by atoms with Gasteiger partial charge in [-0.05, 0) is 6.07 Å². The molecule has 0 amide bonds. The Morgan fingerprint density at radius 2 is 2.00 bits per heavy atom. The van der Waals surface area contributed by atoms with Gasteiger partial charge in [-0.2, -0.15) is 9.78 Å². The summed E-state index contributed by atoms with van der Waals surface area (Å²) in [4.78, 5) is 12.4. The van der Waals surface area contributed by atoms with Crippen LogP contribution in [0.15, 0.2) is 24.8 Å². The van der Waals surface area contributed by atoms with Crippen molar-refractivity contribution in [2.24, 2.45) is 0 Å². The van der Waals surface area contributed by atoms with E-state index < -0.39 is 0 Å². The number of nitrogens with zero attached hydrogens (tertiary/aromatic N) is 5. The molecule has 0 radical (unpaired) electrons. The summed E-state index contributed by atoms with van der Waals surface area (Å²) in [5, 5.41) is 7.38. The second-order valence-corrected chi connectivity index (χ2v) is 3.67. The maximum absolute atomic E-state index is 4.17. The van der Waals surface area contributed by atoms with E-state index in [4.69, 9.17) is 0 Å². The second kappa shape index (κ2) is 4.80. The van der Waals surface area contributed by atoms with E-state index in [2.05, 4.69) is 39.2 Å². The molecule has 0 aromatic carbocycles. The molecule has 0 saturated heterocycles. The topological polar surface area (TPSA) is 68.5 Å². The summed E-state index contributed by atoms with van der Waals surface area (Å²) in [5.74, 6) is 1.35. The first-order chi connectivity index (χ1) is 7.77. The molecule has 0 aliphatic carbocycles. The van der Waals surface area contributed by atoms with Crippen LogP contribution in [0.25, 0.3) is 5.95 Å². The first-order valence-corrected chi connectivity index (χ1v) is 5.17. The first kappa shape index (κ1) is 10.7. The first-order valence-electron chi connectivity index (χ1n) is 5.17. The quantitative estimate of drug-likeness (QED) is 0.811. The van der Waals surface area contributed by atoms with Crippen molar-refractivity contribution in [2.45, 2.75) is 26.4 Å². The lowest BCUT2D eigenvalue weighted by Crippen LogP contribution is -2.24. The molecule has 0 atom stereocenters. The van der Waals surface area contributed by atoms with Gasteiger partial charge in [0.15, 0.2) is 0 Å². The van der Waals surface area contributed by atoms with Gasteiger partial charge in [0.1, 0.15) is 12.2 Å². The van der Waals surface area contributed by atoms with Gasteiger partial charge in [0.05, 0.1) is 6.54 Å². The Bertz CT molecular complexity index is 436. The van der Waals surface area contributed by atoms with E-state index in [1.54, 1.807) is 23.1 Å². The van der Waals surface area contributed by atoms with Crippen molar-refractivity contribution in [2.75, 3.05) is 0 Å². The van der Waals surface area contributed by atoms with E-state index in [0.717, 1.165) is 5.82 Å². The largest absolute Gasteiger partial charge is 0.308 e. The Labute approximate surface area is 93.8 Å². The van der Waals surface area contributed by atoms with Gasteiger partial charge < -0.3 is 5.32 Å². The van der Waals surface area contributed by atoms with Gasteiger partial charge in [-0.3, -0.25) is 0 Å². The lowest BCUT2D eigenvalue weighted by atomic mass is 10.4. The predicted octanol–water partition coefficient (Wildman–Crippen LogP) is 0.555. The summed E-state index contributed by atoms with van der Waals surface area (Å²) in [7, 11) is 0. The molecule has 6 nitrogen and oxygen atoms in total. The lowest BCUT2D eigenvalue weighted by Gasteiger charge is -2.07. The fraction of sp³-hybridized carbons (Fsp3) is 0.400. The van der Waals surface area contributed by atoms with Crippen molar-refractivity contribution >= 4 is 0 Å². The Morgan fingerprint density at radius 1 is 1.25 bits per heavy atom. The molecule has 0 bridgehead atoms. The van der Waals surface area contributed by atoms with Gasteiger partial charge in [0.25, 0.3) is 5.95 Å². The molecule has 0 spiro atoms. The van der Waals surface area contributed by atoms with E-state index in [1.165, 1.54) is 6.33 Å². The van der Waals surface area contributed by atoms with E-state index in [9.17, 15) is 0 Å². The van der Waals surface area contributed by atoms with E-state index in [0.29, 0.717) is 18.5 Å². The van der Waals surface area contributed by atoms with Crippen LogP contribution in [-0.2, 0) is 6.54 Å². The third kappa shape index (κ3) is 2.40. The molecule has 1 N–H and O–H groups in total. The molecule has 0 fully saturated rings. The van der Waals surface area contributed by atoms with Gasteiger partial charge in [0, 0.05) is 18.4 Å². The number of hydrogen-bond donors (Lipinski definition) is 1. The van der Waals surface area contributed by atoms with Crippen LogP contribution in [0.2, 0.25) is 0 Å². The SMILES string of the molecule is CC(C)NCc1ncnn1-c1ncccn1. The Morgan fingerprint density at radius 3 is 2.69 bits per heavy atom. The maximum Gasteiger partial charge on any atom is 0.252 e. The van der Waals surface area contributed by atoms with Crippen molar-refractivity contribution in [1.29, 1.82) is 0 Å². The molecule has 0 aliphatic heterocycles. The summed E-state index contributed by atoms with van der Waals surface area (Å²) in [6.07, 6.45) is 4.88. The number of nitrogens with one attached hydrogen (secondary N) is 1. The van der Waals surface area contributed by atoms with Gasteiger partial charge in [-0.15, -0.1) is 0 Å². The third-order valence-corrected chi connectivity index (χ3v) is 2.03. The fourth-order valence-corrected chi connectivity index (χ4v) is 1.25. The zero-order valence-electron chi connectivity index (χ0n) is 9.33. The fourth-order valence-electron chi connectivity index (χ4n) is 1.25. The smallest absolute Gasteiger partial charge is 0.252 e. The Hall–Kier alpha value is -1.82. The zero-order chi connectivity index (χ0) is 11.4. The highest BCUT2D eigenvalue weighted by Gasteiger charge is 2.08. The summed E-state index contributed by atoms with van der Waals surface area (Å²) in [6.45, 7) is 4.81. The van der Waals surface area contributed by atoms with Crippen LogP contribution in [-0.4, -0.2) is 30.8 Å². The maximum atomic E-state index is 4.17. The van der Waals surface area contributed by atoms with Crippen molar-refractivity contribution in [3.8, 4) is 5.95 Å². The van der Waals surface area contributed by atoms with Crippen molar-refractivity contribution in [1.82, 2.24) is 30.0 Å². The minimum absolute atomic E-state index is 0.404. The van der Waals surface area contributed by atoms with Crippen LogP contribution in [0, 0.1) is 0 Å². The number of hydrogen-bond acceptors (Lipinski definition) is 5. The standard InChI is InChI=1S/C10H14N6/c1-8(2)13-6-9-14-7-15-16(9)10-11-4-3-5-12-10/h3-5,7-8,13H,6H2,1-2H3. The highest BCUT2D eigenvalue weighted by atomic mass is 15.4. The molecule has 2 aromatic heterocycles. The molecule has 2 rings (SSSR count). The van der Waals surface area contributed by atoms with Crippen LogP contribution < -0.4 is 5.32 Å². The Balaban J connectivity index is 2.19. The number of aromatic nitrogens is 5. The van der Waals surface area contributed by atoms with Crippen molar-refractivity contribution in [3.63, 3.8) is 0 Å². The monoisotopic (exact) mass is 218 g/mol. The normalized spacial score (nSPS) is 10.9. The molecule has 0 saturated carbocycles. The molecule has 0 unspecified atom stereocenters. The summed E-state index contributed by atoms with van der Waals surface area (Å²) < 4.78 is 1.63. The van der Waals surface area contributed by atoms with Gasteiger partial charge in [-0.25, -0.2) is 15.0 Å². The van der Waals surface area contributed by atoms with Gasteiger partial charge in [-0.1, -0.05) is 13.8 Å². The van der Waals surface area contributed by atoms with Crippen molar-refractivity contribution in [3.05, 3.63) is 30.6 Å². The minimum atomic E-state index is 0.404. The molecule has 6 heteroatoms. The summed E-state index contributed by atoms with van der Waals surface area (Å²) >= 11 is 0. The average Bonchev–Trinajstić information content (AvgIpc) is 2.75. The van der Waals surface area contributed by atoms with Gasteiger partial charge in [0.2, 0.25) is 0 Å². The van der Waals surface area contributed by atoms with Gasteiger partial charge >= 0.3 is 0 Å². The van der Waals surface area contributed by atoms with Crippen LogP contribution in [0.5, 0.6) is 0 Å². The van der Waals surface area contributed by atoms with Crippen LogP contribution in [0.3, 0.4) is 0 Å². The summed E-state index contributed by atoms with van der Waals surface area (Å²) in [5.41, 5.74) is 0. The molecule has 0 aliphatic rings. The molecule has 16 heavy (non-hydrogen) atoms. The molecule has 84 valence electrons. The molecular weight excluding hydrogens is 204 g/mol. The highest BCUT2D eigenvalue weighted by Crippen LogP contribution is 2.01. The van der Waals surface area contributed by atoms with E-state index in [-0.39, 0.29) is 0 Å². The zero-order valence-corrected chi connectivity index (χ0v) is 9.33. The van der Waals surface area contributed by atoms with E-state index >= 15 is 0 Å². The molecule has 2 aromatic rings. The van der Waals surface area contributed by atoms with Crippen LogP contribution in [0.1, 0.15) is 19.7 Å². The molecule has 2 heterocycles. The third-order valence-electron chi connectivity index (χ3n) is 2.03.